The number of nitrogens with zero attached hydrogens (tertiary/aromatic N) is 3. The van der Waals surface area contributed by atoms with E-state index in [1.54, 1.807) is 18.2 Å². The highest BCUT2D eigenvalue weighted by Crippen LogP contribution is 2.30. The zero-order chi connectivity index (χ0) is 17.2. The van der Waals surface area contributed by atoms with Gasteiger partial charge in [0.05, 0.1) is 22.3 Å². The summed E-state index contributed by atoms with van der Waals surface area (Å²) in [4.78, 5) is 7.16. The highest BCUT2D eigenvalue weighted by Gasteiger charge is 2.30. The van der Waals surface area contributed by atoms with Gasteiger partial charge in [-0.2, -0.15) is 23.5 Å². The minimum absolute atomic E-state index is 0.0661. The first-order valence-corrected chi connectivity index (χ1v) is 6.83. The van der Waals surface area contributed by atoms with E-state index in [-0.39, 0.29) is 17.2 Å². The molecular weight excluding hydrogens is 319 g/mol. The number of hydrazone groups is 1. The Bertz CT molecular complexity index is 917. The molecule has 3 rings (SSSR count). The molecule has 0 saturated carbocycles. The first-order valence-electron chi connectivity index (χ1n) is 6.83. The summed E-state index contributed by atoms with van der Waals surface area (Å²) in [5, 5.41) is 13.1. The maximum absolute atomic E-state index is 12.7. The van der Waals surface area contributed by atoms with Crippen molar-refractivity contribution in [2.45, 2.75) is 6.18 Å². The molecule has 0 aliphatic heterocycles. The highest BCUT2D eigenvalue weighted by molar-refractivity contribution is 6.10. The summed E-state index contributed by atoms with van der Waals surface area (Å²) in [6, 6.07) is 13.6. The van der Waals surface area contributed by atoms with Crippen LogP contribution in [0.15, 0.2) is 53.6 Å². The standard InChI is InChI=1S/C16H10F3N5/c17-16(18,19)10-4-3-5-11(8-10)23-24-14(9-20)15-21-12-6-1-2-7-13(12)22-15/h1-8,23H,(H,21,22)/b24-14-. The molecule has 24 heavy (non-hydrogen) atoms. The number of nitrogens with one attached hydrogen (secondary N) is 2. The van der Waals surface area contributed by atoms with Crippen LogP contribution >= 0.6 is 0 Å². The molecule has 0 spiro atoms. The van der Waals surface area contributed by atoms with Crippen molar-refractivity contribution in [1.82, 2.24) is 9.97 Å². The average molecular weight is 329 g/mol. The maximum Gasteiger partial charge on any atom is 0.416 e. The van der Waals surface area contributed by atoms with Gasteiger partial charge in [-0.15, -0.1) is 0 Å². The van der Waals surface area contributed by atoms with Gasteiger partial charge >= 0.3 is 6.18 Å². The quantitative estimate of drug-likeness (QED) is 0.565. The monoisotopic (exact) mass is 329 g/mol. The molecule has 0 unspecified atom stereocenters. The number of hydrogen-bond acceptors (Lipinski definition) is 4. The van der Waals surface area contributed by atoms with Gasteiger partial charge in [-0.3, -0.25) is 5.43 Å². The van der Waals surface area contributed by atoms with Crippen molar-refractivity contribution < 1.29 is 13.2 Å². The third kappa shape index (κ3) is 3.20. The molecule has 0 saturated heterocycles. The lowest BCUT2D eigenvalue weighted by atomic mass is 10.2. The van der Waals surface area contributed by atoms with Gasteiger partial charge < -0.3 is 4.98 Å². The van der Waals surface area contributed by atoms with Gasteiger partial charge in [0.2, 0.25) is 5.71 Å². The van der Waals surface area contributed by atoms with Crippen LogP contribution in [-0.4, -0.2) is 15.7 Å². The molecule has 120 valence electrons. The van der Waals surface area contributed by atoms with Crippen LogP contribution in [0.1, 0.15) is 11.4 Å². The Morgan fingerprint density at radius 1 is 1.17 bits per heavy atom. The van der Waals surface area contributed by atoms with Crippen LogP contribution in [0.3, 0.4) is 0 Å². The summed E-state index contributed by atoms with van der Waals surface area (Å²) in [7, 11) is 0. The fourth-order valence-corrected chi connectivity index (χ4v) is 2.08. The third-order valence-corrected chi connectivity index (χ3v) is 3.21. The lowest BCUT2D eigenvalue weighted by Crippen LogP contribution is -2.06. The van der Waals surface area contributed by atoms with E-state index in [2.05, 4.69) is 20.5 Å². The maximum atomic E-state index is 12.7. The molecule has 0 aliphatic rings. The third-order valence-electron chi connectivity index (χ3n) is 3.21. The van der Waals surface area contributed by atoms with Crippen LogP contribution in [0, 0.1) is 11.3 Å². The van der Waals surface area contributed by atoms with Crippen LogP contribution in [-0.2, 0) is 6.18 Å². The van der Waals surface area contributed by atoms with Gasteiger partial charge in [0.15, 0.2) is 5.82 Å². The van der Waals surface area contributed by atoms with E-state index >= 15 is 0 Å². The van der Waals surface area contributed by atoms with Crippen LogP contribution in [0.2, 0.25) is 0 Å². The summed E-state index contributed by atoms with van der Waals surface area (Å²) in [5.41, 5.74) is 3.10. The second-order valence-electron chi connectivity index (χ2n) is 4.87. The topological polar surface area (TPSA) is 76.9 Å². The van der Waals surface area contributed by atoms with E-state index in [1.165, 1.54) is 12.1 Å². The molecule has 2 aromatic carbocycles. The molecule has 8 heteroatoms. The predicted octanol–water partition coefficient (Wildman–Crippen LogP) is 3.92. The Kier molecular flexibility index (Phi) is 3.92. The Balaban J connectivity index is 1.88. The van der Waals surface area contributed by atoms with E-state index in [0.29, 0.717) is 5.52 Å². The smallest absolute Gasteiger partial charge is 0.336 e. The van der Waals surface area contributed by atoms with Crippen LogP contribution in [0.5, 0.6) is 0 Å². The molecule has 0 aliphatic carbocycles. The summed E-state index contributed by atoms with van der Waals surface area (Å²) in [6.07, 6.45) is -4.45. The molecule has 0 amide bonds. The normalized spacial score (nSPS) is 12.2. The highest BCUT2D eigenvalue weighted by atomic mass is 19.4. The van der Waals surface area contributed by atoms with Gasteiger partial charge in [0.1, 0.15) is 6.07 Å². The number of benzene rings is 2. The summed E-state index contributed by atoms with van der Waals surface area (Å²) >= 11 is 0. The molecule has 0 radical (unpaired) electrons. The first-order chi connectivity index (χ1) is 11.5. The summed E-state index contributed by atoms with van der Waals surface area (Å²) in [5.74, 6) is 0.234. The number of alkyl halides is 3. The number of imidazole rings is 1. The number of hydrogen-bond donors (Lipinski definition) is 2. The van der Waals surface area contributed by atoms with E-state index in [9.17, 15) is 18.4 Å². The molecule has 2 N–H and O–H groups in total. The number of nitriles is 1. The van der Waals surface area contributed by atoms with Crippen molar-refractivity contribution >= 4 is 22.4 Å². The molecule has 1 aromatic heterocycles. The summed E-state index contributed by atoms with van der Waals surface area (Å²) < 4.78 is 38.1. The number of halogens is 3. The van der Waals surface area contributed by atoms with E-state index in [4.69, 9.17) is 0 Å². The molecule has 0 atom stereocenters. The number of anilines is 1. The van der Waals surface area contributed by atoms with Crippen LogP contribution in [0.25, 0.3) is 11.0 Å². The van der Waals surface area contributed by atoms with Crippen molar-refractivity contribution in [3.8, 4) is 6.07 Å². The summed E-state index contributed by atoms with van der Waals surface area (Å²) in [6.45, 7) is 0. The average Bonchev–Trinajstić information content (AvgIpc) is 2.99. The predicted molar refractivity (Wildman–Crippen MR) is 83.3 cm³/mol. The molecule has 3 aromatic rings. The van der Waals surface area contributed by atoms with Crippen molar-refractivity contribution in [2.24, 2.45) is 5.10 Å². The second kappa shape index (κ2) is 6.04. The van der Waals surface area contributed by atoms with Crippen LogP contribution in [0.4, 0.5) is 18.9 Å². The van der Waals surface area contributed by atoms with Gasteiger partial charge in [0.25, 0.3) is 0 Å². The molecular formula is C16H10F3N5. The fraction of sp³-hybridized carbons (Fsp3) is 0.0625. The Labute approximate surface area is 134 Å². The Morgan fingerprint density at radius 2 is 1.96 bits per heavy atom. The van der Waals surface area contributed by atoms with E-state index < -0.39 is 11.7 Å². The zero-order valence-corrected chi connectivity index (χ0v) is 12.1. The zero-order valence-electron chi connectivity index (χ0n) is 12.1. The first kappa shape index (κ1) is 15.6. The van der Waals surface area contributed by atoms with Gasteiger partial charge in [0, 0.05) is 0 Å². The lowest BCUT2D eigenvalue weighted by molar-refractivity contribution is -0.137. The van der Waals surface area contributed by atoms with Gasteiger partial charge in [-0.05, 0) is 30.3 Å². The van der Waals surface area contributed by atoms with Gasteiger partial charge in [-0.25, -0.2) is 4.98 Å². The number of para-hydroxylation sites is 2. The number of aromatic nitrogens is 2. The Morgan fingerprint density at radius 3 is 2.67 bits per heavy atom. The van der Waals surface area contributed by atoms with Crippen molar-refractivity contribution in [3.05, 3.63) is 59.9 Å². The SMILES string of the molecule is N#C/C(=N/Nc1cccc(C(F)(F)F)c1)c1nc2ccccc2[nH]1. The van der Waals surface area contributed by atoms with Crippen LogP contribution < -0.4 is 5.43 Å². The van der Waals surface area contributed by atoms with Gasteiger partial charge in [-0.1, -0.05) is 18.2 Å². The lowest BCUT2D eigenvalue weighted by Gasteiger charge is -2.08. The Hall–Kier alpha value is -3.34. The minimum Gasteiger partial charge on any atom is -0.336 e. The number of rotatable bonds is 3. The van der Waals surface area contributed by atoms with Crippen molar-refractivity contribution in [2.75, 3.05) is 5.43 Å². The second-order valence-corrected chi connectivity index (χ2v) is 4.87. The molecule has 0 fully saturated rings. The number of H-pyrrole nitrogens is 1. The molecule has 1 heterocycles. The fourth-order valence-electron chi connectivity index (χ4n) is 2.08. The van der Waals surface area contributed by atoms with Crippen molar-refractivity contribution in [1.29, 1.82) is 5.26 Å². The molecule has 5 nitrogen and oxygen atoms in total. The number of aromatic amines is 1. The molecule has 0 bridgehead atoms. The largest absolute Gasteiger partial charge is 0.416 e. The minimum atomic E-state index is -4.45. The number of fused-ring (bicyclic) bond motifs is 1. The van der Waals surface area contributed by atoms with E-state index in [0.717, 1.165) is 17.6 Å². The van der Waals surface area contributed by atoms with E-state index in [1.807, 2.05) is 12.1 Å². The van der Waals surface area contributed by atoms with Crippen molar-refractivity contribution in [3.63, 3.8) is 0 Å².